The van der Waals surface area contributed by atoms with Crippen molar-refractivity contribution in [3.05, 3.63) is 72.2 Å². The van der Waals surface area contributed by atoms with Crippen LogP contribution in [0.5, 0.6) is 11.5 Å². The number of nitrogens with zero attached hydrogens (tertiary/aromatic N) is 1. The van der Waals surface area contributed by atoms with Crippen molar-refractivity contribution in [1.82, 2.24) is 4.72 Å². The first-order valence-electron chi connectivity index (χ1n) is 9.96. The lowest BCUT2D eigenvalue weighted by molar-refractivity contribution is -0.132. The number of carbonyl (C=O) groups is 2. The molecule has 1 heterocycles. The van der Waals surface area contributed by atoms with E-state index in [0.29, 0.717) is 22.7 Å². The summed E-state index contributed by atoms with van der Waals surface area (Å²) in [5.74, 6) is -1.68. The van der Waals surface area contributed by atoms with Crippen molar-refractivity contribution in [3.63, 3.8) is 0 Å². The number of amides is 2. The number of anilines is 1. The van der Waals surface area contributed by atoms with Gasteiger partial charge >= 0.3 is 0 Å². The number of allylic oxidation sites excluding steroid dienone is 1. The molecular weight excluding hydrogens is 432 g/mol. The predicted molar refractivity (Wildman–Crippen MR) is 121 cm³/mol. The van der Waals surface area contributed by atoms with Gasteiger partial charge in [0.2, 0.25) is 18.6 Å². The highest BCUT2D eigenvalue weighted by molar-refractivity contribution is 7.93. The topological polar surface area (TPSA) is 102 Å². The van der Waals surface area contributed by atoms with Gasteiger partial charge in [-0.25, -0.2) is 13.1 Å². The molecule has 2 aromatic rings. The molecule has 2 aromatic carbocycles. The Balaban J connectivity index is 1.77. The second kappa shape index (κ2) is 10.1. The van der Waals surface area contributed by atoms with Gasteiger partial charge < -0.3 is 14.4 Å². The minimum Gasteiger partial charge on any atom is -0.454 e. The van der Waals surface area contributed by atoms with Gasteiger partial charge in [-0.05, 0) is 37.1 Å². The third kappa shape index (κ3) is 5.55. The average Bonchev–Trinajstić information content (AvgIpc) is 3.25. The molecule has 9 heteroatoms. The molecule has 1 aliphatic rings. The van der Waals surface area contributed by atoms with Gasteiger partial charge in [-0.3, -0.25) is 9.59 Å². The zero-order valence-electron chi connectivity index (χ0n) is 17.6. The van der Waals surface area contributed by atoms with Crippen molar-refractivity contribution in [1.29, 1.82) is 0 Å². The fourth-order valence-corrected chi connectivity index (χ4v) is 4.00. The first-order valence-corrected chi connectivity index (χ1v) is 11.5. The third-order valence-electron chi connectivity index (χ3n) is 4.75. The molecule has 32 heavy (non-hydrogen) atoms. The monoisotopic (exact) mass is 456 g/mol. The largest absolute Gasteiger partial charge is 0.454 e. The lowest BCUT2D eigenvalue weighted by atomic mass is 10.0. The molecule has 0 saturated carbocycles. The van der Waals surface area contributed by atoms with Crippen molar-refractivity contribution in [3.8, 4) is 11.5 Å². The second-order valence-corrected chi connectivity index (χ2v) is 8.49. The smallest absolute Gasteiger partial charge is 0.257 e. The molecule has 0 radical (unpaired) electrons. The lowest BCUT2D eigenvalue weighted by Gasteiger charge is -2.25. The van der Waals surface area contributed by atoms with Crippen LogP contribution in [0.4, 0.5) is 5.69 Å². The first-order chi connectivity index (χ1) is 15.3. The summed E-state index contributed by atoms with van der Waals surface area (Å²) in [6.07, 6.45) is 2.75. The van der Waals surface area contributed by atoms with Gasteiger partial charge in [0.1, 0.15) is 5.92 Å². The van der Waals surface area contributed by atoms with E-state index >= 15 is 0 Å². The van der Waals surface area contributed by atoms with E-state index in [4.69, 9.17) is 9.47 Å². The number of fused-ring (bicyclic) bond motifs is 1. The summed E-state index contributed by atoms with van der Waals surface area (Å²) in [6.45, 7) is 5.70. The molecule has 0 aliphatic carbocycles. The van der Waals surface area contributed by atoms with Crippen molar-refractivity contribution in [2.75, 3.05) is 18.2 Å². The van der Waals surface area contributed by atoms with E-state index in [0.717, 1.165) is 5.41 Å². The Kier molecular flexibility index (Phi) is 7.32. The van der Waals surface area contributed by atoms with Crippen LogP contribution in [0, 0.1) is 5.92 Å². The van der Waals surface area contributed by atoms with Crippen LogP contribution in [0.25, 0.3) is 6.08 Å². The van der Waals surface area contributed by atoms with Gasteiger partial charge in [-0.2, -0.15) is 0 Å². The molecule has 0 spiro atoms. The van der Waals surface area contributed by atoms with Crippen LogP contribution in [-0.2, 0) is 19.6 Å². The minimum atomic E-state index is -4.10. The Morgan fingerprint density at radius 2 is 1.88 bits per heavy atom. The van der Waals surface area contributed by atoms with Gasteiger partial charge in [-0.15, -0.1) is 6.58 Å². The van der Waals surface area contributed by atoms with Gasteiger partial charge in [0, 0.05) is 18.3 Å². The zero-order valence-corrected chi connectivity index (χ0v) is 18.4. The first kappa shape index (κ1) is 23.1. The summed E-state index contributed by atoms with van der Waals surface area (Å²) in [6, 6.07) is 13.8. The Hall–Kier alpha value is -3.59. The molecular formula is C23H24N2O6S. The summed E-state index contributed by atoms with van der Waals surface area (Å²) >= 11 is 0. The van der Waals surface area contributed by atoms with Crippen LogP contribution in [0.1, 0.15) is 18.9 Å². The molecule has 1 unspecified atom stereocenters. The van der Waals surface area contributed by atoms with E-state index in [9.17, 15) is 18.0 Å². The van der Waals surface area contributed by atoms with Crippen molar-refractivity contribution >= 4 is 33.6 Å². The fourth-order valence-electron chi connectivity index (χ4n) is 3.17. The quantitative estimate of drug-likeness (QED) is 0.460. The number of carbonyl (C=O) groups excluding carboxylic acids is 2. The van der Waals surface area contributed by atoms with Crippen LogP contribution in [0.2, 0.25) is 0 Å². The minimum absolute atomic E-state index is 0.0242. The molecule has 168 valence electrons. The van der Waals surface area contributed by atoms with E-state index < -0.39 is 27.8 Å². The molecule has 0 bridgehead atoms. The van der Waals surface area contributed by atoms with Crippen molar-refractivity contribution in [2.45, 2.75) is 13.3 Å². The highest BCUT2D eigenvalue weighted by atomic mass is 32.2. The van der Waals surface area contributed by atoms with E-state index in [1.165, 1.54) is 17.1 Å². The molecule has 1 aliphatic heterocycles. The number of sulfonamides is 1. The molecule has 2 amide bonds. The highest BCUT2D eigenvalue weighted by Gasteiger charge is 2.32. The van der Waals surface area contributed by atoms with Crippen LogP contribution >= 0.6 is 0 Å². The van der Waals surface area contributed by atoms with Crippen molar-refractivity contribution < 1.29 is 27.5 Å². The third-order valence-corrected chi connectivity index (χ3v) is 5.73. The van der Waals surface area contributed by atoms with Gasteiger partial charge in [0.05, 0.1) is 5.41 Å². The SMILES string of the molecule is C=CCC(C(=O)NS(=O)(=O)C=Cc1ccccc1)C(=O)N(CC)c1ccc2c(c1)OCO2. The standard InChI is InChI=1S/C23H24N2O6S/c1-3-8-19(22(26)24-32(28,29)14-13-17-9-6-5-7-10-17)23(27)25(4-2)18-11-12-20-21(15-18)31-16-30-20/h3,5-7,9-15,19H,1,4,8,16H2,2H3,(H,24,26). The van der Waals surface area contributed by atoms with Gasteiger partial charge in [-0.1, -0.05) is 36.4 Å². The Labute approximate surface area is 187 Å². The van der Waals surface area contributed by atoms with E-state index in [2.05, 4.69) is 6.58 Å². The number of nitrogens with one attached hydrogen (secondary N) is 1. The molecule has 0 fully saturated rings. The van der Waals surface area contributed by atoms with Crippen LogP contribution in [0.15, 0.2) is 66.6 Å². The fraction of sp³-hybridized carbons (Fsp3) is 0.217. The maximum Gasteiger partial charge on any atom is 0.257 e. The normalized spacial score (nSPS) is 13.5. The number of ether oxygens (including phenoxy) is 2. The predicted octanol–water partition coefficient (Wildman–Crippen LogP) is 3.08. The molecule has 0 aromatic heterocycles. The maximum absolute atomic E-state index is 13.2. The van der Waals surface area contributed by atoms with E-state index in [-0.39, 0.29) is 19.8 Å². The number of hydrogen-bond donors (Lipinski definition) is 1. The number of rotatable bonds is 9. The van der Waals surface area contributed by atoms with Crippen LogP contribution in [0.3, 0.4) is 0 Å². The summed E-state index contributed by atoms with van der Waals surface area (Å²) in [7, 11) is -4.10. The lowest BCUT2D eigenvalue weighted by Crippen LogP contribution is -2.45. The number of hydrogen-bond acceptors (Lipinski definition) is 6. The summed E-state index contributed by atoms with van der Waals surface area (Å²) in [4.78, 5) is 27.4. The summed E-state index contributed by atoms with van der Waals surface area (Å²) in [5.41, 5.74) is 1.17. The molecule has 0 saturated heterocycles. The average molecular weight is 457 g/mol. The second-order valence-electron chi connectivity index (χ2n) is 6.92. The molecule has 1 N–H and O–H groups in total. The van der Waals surface area contributed by atoms with E-state index in [1.54, 1.807) is 55.5 Å². The van der Waals surface area contributed by atoms with Crippen LogP contribution in [-0.4, -0.2) is 33.6 Å². The Bertz CT molecular complexity index is 1130. The van der Waals surface area contributed by atoms with Gasteiger partial charge in [0.15, 0.2) is 11.5 Å². The van der Waals surface area contributed by atoms with E-state index in [1.807, 2.05) is 4.72 Å². The number of benzene rings is 2. The zero-order chi connectivity index (χ0) is 23.1. The Morgan fingerprint density at radius 1 is 1.16 bits per heavy atom. The van der Waals surface area contributed by atoms with Crippen LogP contribution < -0.4 is 19.1 Å². The van der Waals surface area contributed by atoms with Gasteiger partial charge in [0.25, 0.3) is 10.0 Å². The maximum atomic E-state index is 13.2. The summed E-state index contributed by atoms with van der Waals surface area (Å²) < 4.78 is 37.4. The highest BCUT2D eigenvalue weighted by Crippen LogP contribution is 2.36. The molecule has 8 nitrogen and oxygen atoms in total. The molecule has 3 rings (SSSR count). The Morgan fingerprint density at radius 3 is 2.56 bits per heavy atom. The molecule has 1 atom stereocenters. The summed E-state index contributed by atoms with van der Waals surface area (Å²) in [5, 5.41) is 0.894. The van der Waals surface area contributed by atoms with Crippen molar-refractivity contribution in [2.24, 2.45) is 5.92 Å².